The molecule has 2 rings (SSSR count). The van der Waals surface area contributed by atoms with E-state index in [9.17, 15) is 9.18 Å². The van der Waals surface area contributed by atoms with E-state index in [0.29, 0.717) is 5.69 Å². The largest absolute Gasteiger partial charge is 0.327 e. The Hall–Kier alpha value is -2.21. The third-order valence-electron chi connectivity index (χ3n) is 2.33. The summed E-state index contributed by atoms with van der Waals surface area (Å²) < 4.78 is 13.0. The van der Waals surface area contributed by atoms with Gasteiger partial charge < -0.3 is 5.32 Å². The van der Waals surface area contributed by atoms with Gasteiger partial charge in [0.05, 0.1) is 0 Å². The summed E-state index contributed by atoms with van der Waals surface area (Å²) in [5.74, 6) is -0.443. The summed E-state index contributed by atoms with van der Waals surface area (Å²) in [5, 5.41) is 2.87. The number of urea groups is 1. The highest BCUT2D eigenvalue weighted by Crippen LogP contribution is 2.14. The van der Waals surface area contributed by atoms with Crippen molar-refractivity contribution in [3.05, 3.63) is 47.6 Å². The fraction of sp³-hybridized carbons (Fsp3) is 0.0833. The number of nitrogens with one attached hydrogen (secondary N) is 1. The van der Waals surface area contributed by atoms with Crippen LogP contribution >= 0.6 is 11.6 Å². The van der Waals surface area contributed by atoms with Crippen molar-refractivity contribution in [1.82, 2.24) is 9.97 Å². The number of nitrogens with zero attached hydrogens (tertiary/aromatic N) is 3. The highest BCUT2D eigenvalue weighted by Gasteiger charge is 2.12. The van der Waals surface area contributed by atoms with Gasteiger partial charge in [0, 0.05) is 18.9 Å². The van der Waals surface area contributed by atoms with Crippen LogP contribution in [0.15, 0.2) is 36.5 Å². The number of carbonyl (C=O) groups excluding carboxylic acids is 1. The molecule has 5 nitrogen and oxygen atoms in total. The Morgan fingerprint density at radius 2 is 2.21 bits per heavy atom. The Balaban J connectivity index is 2.12. The molecular formula is C12H10ClFN4O. The zero-order valence-electron chi connectivity index (χ0n) is 9.97. The SMILES string of the molecule is CN(C(=O)Nc1ccnc(Cl)c1)c1cccc(F)n1. The van der Waals surface area contributed by atoms with Crippen molar-refractivity contribution >= 4 is 29.1 Å². The van der Waals surface area contributed by atoms with E-state index in [1.807, 2.05) is 0 Å². The summed E-state index contributed by atoms with van der Waals surface area (Å²) >= 11 is 5.71. The molecule has 0 spiro atoms. The van der Waals surface area contributed by atoms with Gasteiger partial charge in [0.2, 0.25) is 5.95 Å². The first-order chi connectivity index (χ1) is 9.06. The fourth-order valence-electron chi connectivity index (χ4n) is 1.38. The maximum Gasteiger partial charge on any atom is 0.327 e. The fourth-order valence-corrected chi connectivity index (χ4v) is 1.55. The van der Waals surface area contributed by atoms with Crippen LogP contribution in [0, 0.1) is 5.95 Å². The first kappa shape index (κ1) is 13.2. The average molecular weight is 281 g/mol. The molecule has 7 heteroatoms. The van der Waals surface area contributed by atoms with Gasteiger partial charge in [-0.1, -0.05) is 17.7 Å². The number of anilines is 2. The molecule has 2 amide bonds. The molecule has 0 saturated heterocycles. The Labute approximate surface area is 114 Å². The van der Waals surface area contributed by atoms with E-state index >= 15 is 0 Å². The highest BCUT2D eigenvalue weighted by molar-refractivity contribution is 6.29. The second-order valence-corrected chi connectivity index (χ2v) is 4.06. The maximum absolute atomic E-state index is 13.0. The second-order valence-electron chi connectivity index (χ2n) is 3.67. The molecule has 2 aromatic heterocycles. The smallest absolute Gasteiger partial charge is 0.307 e. The number of amides is 2. The Morgan fingerprint density at radius 1 is 1.42 bits per heavy atom. The van der Waals surface area contributed by atoms with E-state index in [4.69, 9.17) is 11.6 Å². The zero-order chi connectivity index (χ0) is 13.8. The lowest BCUT2D eigenvalue weighted by molar-refractivity contribution is 0.258. The van der Waals surface area contributed by atoms with E-state index in [-0.39, 0.29) is 11.0 Å². The van der Waals surface area contributed by atoms with Gasteiger partial charge in [0.1, 0.15) is 11.0 Å². The lowest BCUT2D eigenvalue weighted by Crippen LogP contribution is -2.31. The average Bonchev–Trinajstić information content (AvgIpc) is 2.38. The summed E-state index contributed by atoms with van der Waals surface area (Å²) in [6.07, 6.45) is 1.47. The van der Waals surface area contributed by atoms with Crippen molar-refractivity contribution in [2.45, 2.75) is 0 Å². The number of rotatable bonds is 2. The standard InChI is InChI=1S/C12H10ClFN4O/c1-18(11-4-2-3-10(14)17-11)12(19)16-8-5-6-15-9(13)7-8/h2-7H,1H3,(H,15,16,19). The Morgan fingerprint density at radius 3 is 2.89 bits per heavy atom. The minimum absolute atomic E-state index is 0.206. The second kappa shape index (κ2) is 5.62. The number of halogens is 2. The summed E-state index contributed by atoms with van der Waals surface area (Å²) in [6, 6.07) is 6.86. The Bertz CT molecular complexity index is 608. The molecule has 0 aliphatic rings. The first-order valence-electron chi connectivity index (χ1n) is 5.35. The van der Waals surface area contributed by atoms with Crippen molar-refractivity contribution in [3.8, 4) is 0 Å². The van der Waals surface area contributed by atoms with Crippen LogP contribution in [0.3, 0.4) is 0 Å². The van der Waals surface area contributed by atoms with E-state index in [2.05, 4.69) is 15.3 Å². The quantitative estimate of drug-likeness (QED) is 0.861. The highest BCUT2D eigenvalue weighted by atomic mass is 35.5. The van der Waals surface area contributed by atoms with Crippen LogP contribution in [0.4, 0.5) is 20.7 Å². The van der Waals surface area contributed by atoms with E-state index in [0.717, 1.165) is 0 Å². The molecule has 0 unspecified atom stereocenters. The maximum atomic E-state index is 13.0. The summed E-state index contributed by atoms with van der Waals surface area (Å²) in [4.78, 5) is 20.5. The monoisotopic (exact) mass is 280 g/mol. The molecule has 2 heterocycles. The van der Waals surface area contributed by atoms with Crippen LogP contribution in [-0.2, 0) is 0 Å². The number of hydrogen-bond acceptors (Lipinski definition) is 3. The first-order valence-corrected chi connectivity index (χ1v) is 5.73. The van der Waals surface area contributed by atoms with Crippen LogP contribution in [-0.4, -0.2) is 23.0 Å². The van der Waals surface area contributed by atoms with Crippen LogP contribution in [0.1, 0.15) is 0 Å². The van der Waals surface area contributed by atoms with E-state index in [1.54, 1.807) is 6.07 Å². The number of carbonyl (C=O) groups is 1. The van der Waals surface area contributed by atoms with Crippen molar-refractivity contribution in [1.29, 1.82) is 0 Å². The third kappa shape index (κ3) is 3.38. The molecule has 0 bridgehead atoms. The molecule has 0 aliphatic carbocycles. The molecule has 0 atom stereocenters. The van der Waals surface area contributed by atoms with Crippen molar-refractivity contribution in [2.24, 2.45) is 0 Å². The van der Waals surface area contributed by atoms with Gasteiger partial charge in [-0.15, -0.1) is 0 Å². The molecule has 98 valence electrons. The molecule has 0 fully saturated rings. The van der Waals surface area contributed by atoms with Gasteiger partial charge in [-0.3, -0.25) is 4.90 Å². The van der Waals surface area contributed by atoms with Crippen LogP contribution in [0.25, 0.3) is 0 Å². The molecule has 0 aromatic carbocycles. The normalized spacial score (nSPS) is 10.1. The van der Waals surface area contributed by atoms with Gasteiger partial charge in [0.25, 0.3) is 0 Å². The molecule has 1 N–H and O–H groups in total. The lowest BCUT2D eigenvalue weighted by Gasteiger charge is -2.16. The molecular weight excluding hydrogens is 271 g/mol. The minimum atomic E-state index is -0.649. The predicted molar refractivity (Wildman–Crippen MR) is 70.9 cm³/mol. The molecule has 19 heavy (non-hydrogen) atoms. The topological polar surface area (TPSA) is 58.1 Å². The number of pyridine rings is 2. The van der Waals surface area contributed by atoms with Gasteiger partial charge >= 0.3 is 6.03 Å². The van der Waals surface area contributed by atoms with Crippen LogP contribution < -0.4 is 10.2 Å². The van der Waals surface area contributed by atoms with Crippen molar-refractivity contribution in [2.75, 3.05) is 17.3 Å². The van der Waals surface area contributed by atoms with E-state index in [1.165, 1.54) is 42.4 Å². The molecule has 2 aromatic rings. The molecule has 0 saturated carbocycles. The van der Waals surface area contributed by atoms with Crippen LogP contribution in [0.2, 0.25) is 5.15 Å². The van der Waals surface area contributed by atoms with Crippen molar-refractivity contribution in [3.63, 3.8) is 0 Å². The summed E-state index contributed by atoms with van der Waals surface area (Å²) in [7, 11) is 1.49. The Kier molecular flexibility index (Phi) is 3.91. The van der Waals surface area contributed by atoms with Gasteiger partial charge in [-0.25, -0.2) is 14.8 Å². The molecule has 0 aliphatic heterocycles. The lowest BCUT2D eigenvalue weighted by atomic mass is 10.4. The van der Waals surface area contributed by atoms with E-state index < -0.39 is 12.0 Å². The van der Waals surface area contributed by atoms with Crippen molar-refractivity contribution < 1.29 is 9.18 Å². The predicted octanol–water partition coefficient (Wildman–Crippen LogP) is 2.94. The van der Waals surface area contributed by atoms with Gasteiger partial charge in [-0.2, -0.15) is 4.39 Å². The number of aromatic nitrogens is 2. The van der Waals surface area contributed by atoms with Gasteiger partial charge in [0.15, 0.2) is 0 Å². The third-order valence-corrected chi connectivity index (χ3v) is 2.53. The van der Waals surface area contributed by atoms with Gasteiger partial charge in [-0.05, 0) is 24.3 Å². The minimum Gasteiger partial charge on any atom is -0.307 e. The summed E-state index contributed by atoms with van der Waals surface area (Å²) in [6.45, 7) is 0. The summed E-state index contributed by atoms with van der Waals surface area (Å²) in [5.41, 5.74) is 0.494. The zero-order valence-corrected chi connectivity index (χ0v) is 10.7. The molecule has 0 radical (unpaired) electrons. The van der Waals surface area contributed by atoms with Crippen LogP contribution in [0.5, 0.6) is 0 Å². The number of hydrogen-bond donors (Lipinski definition) is 1.